The molecule has 3 unspecified atom stereocenters. The topological polar surface area (TPSA) is 338 Å². The number of rotatable bonds is 22. The largest absolute Gasteiger partial charge is 0.497 e. The number of carbonyl (C=O) groups excluding carboxylic acids is 3. The predicted molar refractivity (Wildman–Crippen MR) is 492 cm³/mol. The van der Waals surface area contributed by atoms with Crippen LogP contribution in [0.2, 0.25) is 0 Å². The third kappa shape index (κ3) is 19.5. The maximum absolute atomic E-state index is 14.6. The highest BCUT2D eigenvalue weighted by molar-refractivity contribution is 7.89. The van der Waals surface area contributed by atoms with Crippen molar-refractivity contribution < 1.29 is 53.2 Å². The van der Waals surface area contributed by atoms with Crippen LogP contribution in [-0.2, 0) is 49.7 Å². The first-order valence-corrected chi connectivity index (χ1v) is 48.8. The summed E-state index contributed by atoms with van der Waals surface area (Å²) in [6.45, 7) is 8.16. The third-order valence-electron chi connectivity index (χ3n) is 24.5. The molecule has 12 aromatic rings. The van der Waals surface area contributed by atoms with Crippen LogP contribution in [0.3, 0.4) is 0 Å². The van der Waals surface area contributed by atoms with E-state index in [2.05, 4.69) is 20.9 Å². The Labute approximate surface area is 756 Å². The van der Waals surface area contributed by atoms with Crippen molar-refractivity contribution in [2.24, 2.45) is 0 Å². The maximum Gasteiger partial charge on any atom is 0.329 e. The van der Waals surface area contributed by atoms with Crippen molar-refractivity contribution in [3.63, 3.8) is 0 Å². The number of piperidine rings is 3. The second-order valence-corrected chi connectivity index (χ2v) is 39.4. The number of benzene rings is 8. The van der Waals surface area contributed by atoms with Crippen LogP contribution in [0.4, 0.5) is 13.9 Å². The Morgan fingerprint density at radius 1 is 0.408 bits per heavy atom. The first kappa shape index (κ1) is 91.2. The van der Waals surface area contributed by atoms with Crippen molar-refractivity contribution in [3.05, 3.63) is 307 Å². The molecule has 6 aliphatic heterocycles. The fourth-order valence-corrected chi connectivity index (χ4v) is 23.2. The Hall–Kier alpha value is -12.1. The van der Waals surface area contributed by atoms with Crippen molar-refractivity contribution in [2.75, 3.05) is 131 Å². The van der Waals surface area contributed by atoms with Crippen LogP contribution >= 0.6 is 11.3 Å². The smallest absolute Gasteiger partial charge is 0.329 e. The monoisotopic (exact) mass is 1840 g/mol. The van der Waals surface area contributed by atoms with Crippen molar-refractivity contribution in [1.29, 1.82) is 0 Å². The van der Waals surface area contributed by atoms with E-state index < -0.39 is 65.5 Å². The Bertz CT molecular complexity index is 6580. The van der Waals surface area contributed by atoms with Gasteiger partial charge in [0.1, 0.15) is 22.8 Å². The Morgan fingerprint density at radius 3 is 1.05 bits per heavy atom. The highest BCUT2D eigenvalue weighted by Gasteiger charge is 2.42. The van der Waals surface area contributed by atoms with Crippen LogP contribution < -0.4 is 43.5 Å². The summed E-state index contributed by atoms with van der Waals surface area (Å²) in [6.07, 6.45) is 3.37. The van der Waals surface area contributed by atoms with Gasteiger partial charge in [0.05, 0.1) is 82.3 Å². The number of hydrogen-bond donors (Lipinski definition) is 4. The number of hydrogen-bond acceptors (Lipinski definition) is 19. The number of nitrogens with one attached hydrogen (secondary N) is 3. The summed E-state index contributed by atoms with van der Waals surface area (Å²) in [4.78, 5) is 96.6. The molecule has 0 bridgehead atoms. The second kappa shape index (κ2) is 40.5. The number of imidazole rings is 3. The molecule has 6 fully saturated rings. The zero-order valence-corrected chi connectivity index (χ0v) is 75.1. The highest BCUT2D eigenvalue weighted by atomic mass is 32.2. The number of nitrogen functional groups attached to an aromatic ring is 1. The number of halogens is 2. The number of sulfonamides is 3. The number of piperazine rings is 3. The van der Waals surface area contributed by atoms with Gasteiger partial charge in [-0.05, 0) is 110 Å². The van der Waals surface area contributed by atoms with E-state index in [1.807, 2.05) is 115 Å². The standard InChI is InChI=1S/C33H37N5O5S.C32H33F2N5O4S.C29H33N7O4S2/c1-43-28-14-8-10-25(22-28)23-37-31(32(39)35-20-17-34-18-21-35)30(26-11-4-2-5-12-26)38(33(37)40)27-13-9-19-36(24-27)44(41,42)29-15-6-3-7-16-29;33-27-14-13-23(20-28(27)34)21-38-30(31(40)36-18-15-35-16-19-36)29(24-8-3-1-4-9-24)39(32(38)41)25-10-7-17-37(22-25)44(42,43)26-11-5-2-6-12-26;30-28-32-22(20-41-28)18-35-26(27(37)33-16-13-31-14-17-33)25(21-8-3-1-4-9-21)36(29(35)38)23-10-7-15-34(19-23)42(39,40)24-11-5-2-6-12-24/h2-8,10-12,14-16,22,27,34H,9,13,17-21,23-24H2,1H3;1-6,8-9,11-14,20,25,35H,7,10,15-19,21-22H2;1-6,8-9,11-12,20,23,31H,7,10,13-19H2,(H2,30,32). The van der Waals surface area contributed by atoms with E-state index in [-0.39, 0.29) is 94.4 Å². The van der Waals surface area contributed by atoms with Gasteiger partial charge in [-0.25, -0.2) is 53.4 Å². The van der Waals surface area contributed by atoms with Gasteiger partial charge in [0.25, 0.3) is 17.7 Å². The number of anilines is 1. The minimum atomic E-state index is -3.84. The summed E-state index contributed by atoms with van der Waals surface area (Å²) in [5.74, 6) is -2.21. The Morgan fingerprint density at radius 2 is 0.731 bits per heavy atom. The lowest BCUT2D eigenvalue weighted by molar-refractivity contribution is 0.0718. The lowest BCUT2D eigenvalue weighted by atomic mass is 10.0. The van der Waals surface area contributed by atoms with Crippen molar-refractivity contribution >= 4 is 64.3 Å². The molecule has 6 saturated heterocycles. The van der Waals surface area contributed by atoms with Crippen LogP contribution in [0.15, 0.2) is 259 Å². The number of carbonyl (C=O) groups is 3. The first-order chi connectivity index (χ1) is 63.0. The van der Waals surface area contributed by atoms with Crippen LogP contribution in [0.25, 0.3) is 33.8 Å². The minimum Gasteiger partial charge on any atom is -0.497 e. The minimum absolute atomic E-state index is 0.0351. The fraction of sp³-hybridized carbons (Fsp3) is 0.330. The summed E-state index contributed by atoms with van der Waals surface area (Å²) in [6, 6.07) is 62.2. The molecule has 6 aliphatic rings. The van der Waals surface area contributed by atoms with E-state index in [1.165, 1.54) is 44.0 Å². The number of aromatic nitrogens is 7. The predicted octanol–water partition coefficient (Wildman–Crippen LogP) is 9.63. The van der Waals surface area contributed by atoms with E-state index in [4.69, 9.17) is 10.5 Å². The molecule has 130 heavy (non-hydrogen) atoms. The van der Waals surface area contributed by atoms with Crippen molar-refractivity contribution in [3.8, 4) is 39.5 Å². The molecule has 0 spiro atoms. The molecule has 30 nitrogen and oxygen atoms in total. The highest BCUT2D eigenvalue weighted by Crippen LogP contribution is 2.39. The molecule has 0 radical (unpaired) electrons. The molecule has 5 N–H and O–H groups in total. The normalized spacial score (nSPS) is 18.0. The quantitative estimate of drug-likeness (QED) is 0.0490. The SMILES string of the molecule is COc1cccc(Cn2c(C(=O)N3CCNCC3)c(-c3ccccc3)n(C3CCCN(S(=O)(=O)c4ccccc4)C3)c2=O)c1.Nc1nc(Cn2c(C(=O)N3CCNCC3)c(-c3ccccc3)n(C3CCCN(S(=O)(=O)c4ccccc4)C3)c2=O)cs1.O=C(c1c(-c2ccccc2)n(C2CCCN(S(=O)(=O)c3ccccc3)C2)c(=O)n1Cc1ccc(F)c(F)c1)N1CCNCC1. The molecule has 3 atom stereocenters. The molecular formula is C94H103F2N17O13S4. The number of thiazole rings is 1. The fourth-order valence-electron chi connectivity index (χ4n) is 18.1. The molecule has 8 aromatic carbocycles. The number of methoxy groups -OCH3 is 1. The van der Waals surface area contributed by atoms with Gasteiger partial charge in [-0.3, -0.25) is 41.8 Å². The number of nitrogens with two attached hydrogens (primary N) is 1. The van der Waals surface area contributed by atoms with E-state index in [1.54, 1.807) is 132 Å². The van der Waals surface area contributed by atoms with Gasteiger partial charge in [-0.1, -0.05) is 164 Å². The number of nitrogens with zero attached hydrogens (tertiary/aromatic N) is 13. The molecule has 36 heteroatoms. The zero-order chi connectivity index (χ0) is 90.8. The molecule has 0 aliphatic carbocycles. The van der Waals surface area contributed by atoms with Crippen LogP contribution in [-0.4, -0.2) is 228 Å². The molecule has 18 rings (SSSR count). The summed E-state index contributed by atoms with van der Waals surface area (Å²) in [7, 11) is -9.79. The average molecular weight is 1850 g/mol. The van der Waals surface area contributed by atoms with Gasteiger partial charge < -0.3 is 41.1 Å². The van der Waals surface area contributed by atoms with Gasteiger partial charge >= 0.3 is 17.1 Å². The molecule has 680 valence electrons. The number of ether oxygens (including phenoxy) is 1. The Kier molecular flexibility index (Phi) is 28.4. The van der Waals surface area contributed by atoms with E-state index in [0.717, 1.165) is 23.3 Å². The maximum atomic E-state index is 14.6. The van der Waals surface area contributed by atoms with Gasteiger partial charge in [-0.15, -0.1) is 11.3 Å². The average Bonchev–Trinajstić information content (AvgIpc) is 1.59. The van der Waals surface area contributed by atoms with Crippen LogP contribution in [0, 0.1) is 11.6 Å². The number of amides is 3. The Balaban J connectivity index is 0.000000143. The molecule has 0 saturated carbocycles. The molecular weight excluding hydrogens is 1740 g/mol. The summed E-state index contributed by atoms with van der Waals surface area (Å²) in [5.41, 5.74) is 10.6. The third-order valence-corrected chi connectivity index (χ3v) is 30.8. The van der Waals surface area contributed by atoms with E-state index in [0.29, 0.717) is 193 Å². The molecule has 10 heterocycles. The van der Waals surface area contributed by atoms with Crippen LogP contribution in [0.1, 0.15) is 105 Å². The summed E-state index contributed by atoms with van der Waals surface area (Å²) < 4.78 is 129. The van der Waals surface area contributed by atoms with Gasteiger partial charge in [0.2, 0.25) is 30.1 Å². The van der Waals surface area contributed by atoms with E-state index in [9.17, 15) is 62.8 Å². The van der Waals surface area contributed by atoms with Gasteiger partial charge in [0, 0.05) is 140 Å². The first-order valence-electron chi connectivity index (χ1n) is 43.6. The van der Waals surface area contributed by atoms with E-state index >= 15 is 0 Å². The van der Waals surface area contributed by atoms with Crippen molar-refractivity contribution in [2.45, 2.75) is 91.0 Å². The second-order valence-electron chi connectivity index (χ2n) is 32.7. The van der Waals surface area contributed by atoms with Gasteiger partial charge in [-0.2, -0.15) is 12.9 Å². The molecule has 3 amide bonds. The van der Waals surface area contributed by atoms with Gasteiger partial charge in [0.15, 0.2) is 16.8 Å². The lowest BCUT2D eigenvalue weighted by Crippen LogP contribution is -2.47. The van der Waals surface area contributed by atoms with Crippen LogP contribution in [0.5, 0.6) is 5.75 Å². The summed E-state index contributed by atoms with van der Waals surface area (Å²) >= 11 is 1.28. The zero-order valence-electron chi connectivity index (χ0n) is 71.9. The van der Waals surface area contributed by atoms with Crippen molar-refractivity contribution in [1.82, 2.24) is 76.0 Å². The lowest BCUT2D eigenvalue weighted by Gasteiger charge is -2.33. The molecule has 4 aromatic heterocycles. The summed E-state index contributed by atoms with van der Waals surface area (Å²) in [5, 5.41) is 12.0.